The van der Waals surface area contributed by atoms with Gasteiger partial charge in [-0.2, -0.15) is 0 Å². The van der Waals surface area contributed by atoms with Crippen LogP contribution in [-0.4, -0.2) is 5.24 Å². The predicted octanol–water partition coefficient (Wildman–Crippen LogP) is 5.92. The average Bonchev–Trinajstić information content (AvgIpc) is 2.48. The summed E-state index contributed by atoms with van der Waals surface area (Å²) in [6.07, 6.45) is 10.5. The third-order valence-electron chi connectivity index (χ3n) is 4.68. The smallest absolute Gasteiger partial charge is 0.252 e. The minimum atomic E-state index is -0.314. The van der Waals surface area contributed by atoms with E-state index in [4.69, 9.17) is 11.6 Å². The zero-order valence-corrected chi connectivity index (χ0v) is 13.2. The number of carbonyl (C=O) groups is 1. The molecule has 1 nitrogen and oxygen atoms in total. The Balaban J connectivity index is 1.92. The first-order chi connectivity index (χ1) is 9.72. The van der Waals surface area contributed by atoms with Gasteiger partial charge in [0.1, 0.15) is 0 Å². The minimum Gasteiger partial charge on any atom is -0.276 e. The summed E-state index contributed by atoms with van der Waals surface area (Å²) in [6.45, 7) is 2.26. The Morgan fingerprint density at radius 1 is 1.15 bits per heavy atom. The predicted molar refractivity (Wildman–Crippen MR) is 85.5 cm³/mol. The number of unbranched alkanes of at least 4 members (excludes halogenated alkanes) is 2. The van der Waals surface area contributed by atoms with E-state index in [1.54, 1.807) is 0 Å². The van der Waals surface area contributed by atoms with E-state index in [2.05, 4.69) is 13.0 Å². The van der Waals surface area contributed by atoms with Crippen molar-refractivity contribution < 1.29 is 4.79 Å². The van der Waals surface area contributed by atoms with Crippen molar-refractivity contribution in [2.75, 3.05) is 0 Å². The zero-order valence-electron chi connectivity index (χ0n) is 12.4. The second-order valence-electron chi connectivity index (χ2n) is 6.07. The summed E-state index contributed by atoms with van der Waals surface area (Å²) in [4.78, 5) is 11.5. The van der Waals surface area contributed by atoms with Crippen LogP contribution >= 0.6 is 11.6 Å². The first-order valence-corrected chi connectivity index (χ1v) is 8.39. The molecule has 0 bridgehead atoms. The Labute approximate surface area is 127 Å². The van der Waals surface area contributed by atoms with Crippen LogP contribution in [0.25, 0.3) is 0 Å². The Kier molecular flexibility index (Phi) is 6.09. The lowest BCUT2D eigenvalue weighted by molar-refractivity contribution is 0.107. The van der Waals surface area contributed by atoms with Crippen LogP contribution < -0.4 is 0 Å². The standard InChI is InChI=1S/C18H25ClO/c1-2-3-4-7-14-10-12-15(13-11-14)16-8-5-6-9-17(16)18(19)20/h5-6,8-9,14-15H,2-4,7,10-13H2,1H3. The summed E-state index contributed by atoms with van der Waals surface area (Å²) in [6, 6.07) is 7.86. The van der Waals surface area contributed by atoms with Crippen molar-refractivity contribution in [3.8, 4) is 0 Å². The second kappa shape index (κ2) is 7.83. The molecule has 0 heterocycles. The van der Waals surface area contributed by atoms with Crippen molar-refractivity contribution in [2.24, 2.45) is 5.92 Å². The summed E-state index contributed by atoms with van der Waals surface area (Å²) in [5.74, 6) is 1.42. The van der Waals surface area contributed by atoms with Crippen LogP contribution in [0, 0.1) is 5.92 Å². The van der Waals surface area contributed by atoms with Gasteiger partial charge >= 0.3 is 0 Å². The van der Waals surface area contributed by atoms with Crippen molar-refractivity contribution in [1.29, 1.82) is 0 Å². The maximum atomic E-state index is 11.5. The number of carbonyl (C=O) groups excluding carboxylic acids is 1. The van der Waals surface area contributed by atoms with Gasteiger partial charge in [0.05, 0.1) is 0 Å². The quantitative estimate of drug-likeness (QED) is 0.470. The molecule has 20 heavy (non-hydrogen) atoms. The van der Waals surface area contributed by atoms with Gasteiger partial charge in [0.15, 0.2) is 0 Å². The molecular weight excluding hydrogens is 268 g/mol. The van der Waals surface area contributed by atoms with Gasteiger partial charge in [-0.15, -0.1) is 0 Å². The van der Waals surface area contributed by atoms with Crippen LogP contribution in [0.15, 0.2) is 24.3 Å². The molecule has 0 aliphatic heterocycles. The number of hydrogen-bond donors (Lipinski definition) is 0. The second-order valence-corrected chi connectivity index (χ2v) is 6.42. The lowest BCUT2D eigenvalue weighted by atomic mass is 9.76. The lowest BCUT2D eigenvalue weighted by Gasteiger charge is -2.29. The number of halogens is 1. The van der Waals surface area contributed by atoms with E-state index in [0.717, 1.165) is 5.92 Å². The summed E-state index contributed by atoms with van der Waals surface area (Å²) in [5.41, 5.74) is 1.88. The SMILES string of the molecule is CCCCCC1CCC(c2ccccc2C(=O)Cl)CC1. The third-order valence-corrected chi connectivity index (χ3v) is 4.88. The van der Waals surface area contributed by atoms with Crippen LogP contribution in [-0.2, 0) is 0 Å². The number of benzene rings is 1. The highest BCUT2D eigenvalue weighted by molar-refractivity contribution is 6.67. The molecule has 0 aromatic heterocycles. The highest BCUT2D eigenvalue weighted by Crippen LogP contribution is 2.39. The molecule has 1 aromatic rings. The Bertz CT molecular complexity index is 433. The first-order valence-electron chi connectivity index (χ1n) is 8.01. The minimum absolute atomic E-state index is 0.314. The van der Waals surface area contributed by atoms with E-state index < -0.39 is 0 Å². The molecule has 0 saturated heterocycles. The molecule has 0 unspecified atom stereocenters. The fraction of sp³-hybridized carbons (Fsp3) is 0.611. The number of rotatable bonds is 6. The van der Waals surface area contributed by atoms with Crippen molar-refractivity contribution in [3.63, 3.8) is 0 Å². The Morgan fingerprint density at radius 2 is 1.85 bits per heavy atom. The highest BCUT2D eigenvalue weighted by Gasteiger charge is 2.24. The molecule has 0 amide bonds. The monoisotopic (exact) mass is 292 g/mol. The molecule has 1 aliphatic rings. The van der Waals surface area contributed by atoms with E-state index in [0.29, 0.717) is 11.5 Å². The Morgan fingerprint density at radius 3 is 2.50 bits per heavy atom. The molecular formula is C18H25ClO. The normalized spacial score (nSPS) is 22.7. The molecule has 0 radical (unpaired) electrons. The van der Waals surface area contributed by atoms with Crippen LogP contribution in [0.2, 0.25) is 0 Å². The van der Waals surface area contributed by atoms with Crippen molar-refractivity contribution >= 4 is 16.8 Å². The van der Waals surface area contributed by atoms with E-state index in [1.807, 2.05) is 18.2 Å². The van der Waals surface area contributed by atoms with Gasteiger partial charge < -0.3 is 0 Å². The van der Waals surface area contributed by atoms with Crippen LogP contribution in [0.3, 0.4) is 0 Å². The van der Waals surface area contributed by atoms with Gasteiger partial charge in [-0.25, -0.2) is 0 Å². The fourth-order valence-corrected chi connectivity index (χ4v) is 3.65. The molecule has 0 spiro atoms. The first kappa shape index (κ1) is 15.6. The molecule has 1 saturated carbocycles. The summed E-state index contributed by atoms with van der Waals surface area (Å²) in [7, 11) is 0. The van der Waals surface area contributed by atoms with Gasteiger partial charge in [-0.1, -0.05) is 50.8 Å². The maximum Gasteiger partial charge on any atom is 0.252 e. The zero-order chi connectivity index (χ0) is 14.4. The molecule has 0 N–H and O–H groups in total. The Hall–Kier alpha value is -0.820. The lowest BCUT2D eigenvalue weighted by Crippen LogP contribution is -2.15. The average molecular weight is 293 g/mol. The van der Waals surface area contributed by atoms with E-state index in [-0.39, 0.29) is 5.24 Å². The molecule has 2 rings (SSSR count). The topological polar surface area (TPSA) is 17.1 Å². The van der Waals surface area contributed by atoms with E-state index >= 15 is 0 Å². The molecule has 1 aliphatic carbocycles. The highest BCUT2D eigenvalue weighted by atomic mass is 35.5. The molecule has 2 heteroatoms. The molecule has 1 fully saturated rings. The molecule has 110 valence electrons. The van der Waals surface area contributed by atoms with Crippen molar-refractivity contribution in [2.45, 2.75) is 64.2 Å². The van der Waals surface area contributed by atoms with E-state index in [9.17, 15) is 4.79 Å². The van der Waals surface area contributed by atoms with Gasteiger partial charge in [0.25, 0.3) is 5.24 Å². The third kappa shape index (κ3) is 4.09. The summed E-state index contributed by atoms with van der Waals surface area (Å²) in [5, 5.41) is -0.314. The van der Waals surface area contributed by atoms with Gasteiger partial charge in [-0.05, 0) is 60.7 Å². The van der Waals surface area contributed by atoms with E-state index in [1.165, 1.54) is 56.9 Å². The van der Waals surface area contributed by atoms with Crippen molar-refractivity contribution in [1.82, 2.24) is 0 Å². The summed E-state index contributed by atoms with van der Waals surface area (Å²) >= 11 is 5.70. The van der Waals surface area contributed by atoms with Gasteiger partial charge in [0.2, 0.25) is 0 Å². The summed E-state index contributed by atoms with van der Waals surface area (Å²) < 4.78 is 0. The van der Waals surface area contributed by atoms with Crippen LogP contribution in [0.1, 0.15) is 80.1 Å². The van der Waals surface area contributed by atoms with Crippen LogP contribution in [0.4, 0.5) is 0 Å². The number of hydrogen-bond acceptors (Lipinski definition) is 1. The van der Waals surface area contributed by atoms with Crippen LogP contribution in [0.5, 0.6) is 0 Å². The van der Waals surface area contributed by atoms with Gasteiger partial charge in [-0.3, -0.25) is 4.79 Å². The maximum absolute atomic E-state index is 11.5. The fourth-order valence-electron chi connectivity index (χ4n) is 3.48. The van der Waals surface area contributed by atoms with Gasteiger partial charge in [0, 0.05) is 5.56 Å². The largest absolute Gasteiger partial charge is 0.276 e. The molecule has 1 aromatic carbocycles. The molecule has 0 atom stereocenters. The van der Waals surface area contributed by atoms with Crippen molar-refractivity contribution in [3.05, 3.63) is 35.4 Å².